The van der Waals surface area contributed by atoms with Gasteiger partial charge in [-0.25, -0.2) is 0 Å². The number of hydrogen-bond donors (Lipinski definition) is 0. The van der Waals surface area contributed by atoms with Crippen molar-refractivity contribution < 1.29 is 18.0 Å². The first-order chi connectivity index (χ1) is 18.5. The number of amides is 1. The van der Waals surface area contributed by atoms with Crippen LogP contribution in [0, 0.1) is 11.3 Å². The number of rotatable bonds is 5. The van der Waals surface area contributed by atoms with Gasteiger partial charge in [0.1, 0.15) is 11.6 Å². The Kier molecular flexibility index (Phi) is 6.84. The van der Waals surface area contributed by atoms with E-state index < -0.39 is 23.0 Å². The van der Waals surface area contributed by atoms with E-state index >= 15 is 0 Å². The molecule has 39 heavy (non-hydrogen) atoms. The van der Waals surface area contributed by atoms with Crippen LogP contribution in [0.4, 0.5) is 18.9 Å². The number of alkyl halides is 3. The molecule has 1 spiro atoms. The van der Waals surface area contributed by atoms with Gasteiger partial charge in [0.2, 0.25) is 0 Å². The van der Waals surface area contributed by atoms with Crippen LogP contribution in [-0.2, 0) is 4.79 Å². The number of anilines is 1. The number of hydrogen-bond acceptors (Lipinski definition) is 6. The van der Waals surface area contributed by atoms with Crippen molar-refractivity contribution in [1.29, 1.82) is 5.26 Å². The SMILES string of the molecule is C=N/C(C#N)=C(\C=C(/C)N1C(=O)C2(CCC2)N(c2ccc3cn(C4CCN(C)CC4)nc3c2)C1=S)C(F)(F)F. The molecule has 1 amide bonds. The number of thiocarbonyl (C=S) groups is 1. The molecular weight excluding hydrogens is 527 g/mol. The number of halogens is 3. The molecule has 0 radical (unpaired) electrons. The number of nitrogens with zero attached hydrogens (tertiary/aromatic N) is 7. The smallest absolute Gasteiger partial charge is 0.306 e. The van der Waals surface area contributed by atoms with E-state index in [1.54, 1.807) is 4.90 Å². The molecule has 1 aromatic carbocycles. The average molecular weight is 556 g/mol. The van der Waals surface area contributed by atoms with Crippen LogP contribution in [-0.4, -0.2) is 69.2 Å². The molecular formula is C27H28F3N7OS. The molecule has 3 aliphatic rings. The summed E-state index contributed by atoms with van der Waals surface area (Å²) in [7, 11) is 2.11. The minimum absolute atomic E-state index is 0.0462. The summed E-state index contributed by atoms with van der Waals surface area (Å²) in [5.41, 5.74) is -1.74. The highest BCUT2D eigenvalue weighted by molar-refractivity contribution is 7.80. The van der Waals surface area contributed by atoms with E-state index in [0.29, 0.717) is 24.6 Å². The molecule has 0 unspecified atom stereocenters. The third kappa shape index (κ3) is 4.53. The zero-order valence-electron chi connectivity index (χ0n) is 21.7. The lowest BCUT2D eigenvalue weighted by Crippen LogP contribution is -2.55. The third-order valence-corrected chi connectivity index (χ3v) is 8.32. The standard InChI is InChI=1S/C27H28F3N7OS/c1-17(13-21(27(28,29)30)23(15-31)32-2)36-24(38)26(9-4-10-26)37(25(36)39)20-6-5-18-16-35(33-22(18)14-20)19-7-11-34(3)12-8-19/h5-6,13-14,16,19H,2,4,7-12H2,1,3H3/b17-13+,23-21+. The second-order valence-electron chi connectivity index (χ2n) is 10.3. The van der Waals surface area contributed by atoms with Crippen LogP contribution < -0.4 is 4.90 Å². The third-order valence-electron chi connectivity index (χ3n) is 7.95. The van der Waals surface area contributed by atoms with E-state index in [9.17, 15) is 18.0 Å². The lowest BCUT2D eigenvalue weighted by atomic mass is 9.75. The Morgan fingerprint density at radius 3 is 2.56 bits per heavy atom. The largest absolute Gasteiger partial charge is 0.419 e. The molecule has 1 aliphatic carbocycles. The van der Waals surface area contributed by atoms with Crippen LogP contribution in [0.15, 0.2) is 52.4 Å². The second kappa shape index (κ2) is 9.88. The highest BCUT2D eigenvalue weighted by Crippen LogP contribution is 2.48. The first kappa shape index (κ1) is 27.0. The fourth-order valence-electron chi connectivity index (χ4n) is 5.64. The maximum Gasteiger partial charge on any atom is 0.419 e. The summed E-state index contributed by atoms with van der Waals surface area (Å²) in [5, 5.41) is 15.0. The number of nitriles is 1. The molecule has 2 saturated heterocycles. The second-order valence-corrected chi connectivity index (χ2v) is 10.7. The molecule has 3 heterocycles. The van der Waals surface area contributed by atoms with Crippen LogP contribution >= 0.6 is 12.2 Å². The van der Waals surface area contributed by atoms with Gasteiger partial charge in [-0.2, -0.15) is 23.5 Å². The van der Waals surface area contributed by atoms with Gasteiger partial charge in [-0.1, -0.05) is 0 Å². The number of carbonyl (C=O) groups excluding carboxylic acids is 1. The Labute approximate surface area is 229 Å². The fraction of sp³-hybridized carbons (Fsp3) is 0.444. The van der Waals surface area contributed by atoms with Gasteiger partial charge in [0.15, 0.2) is 10.8 Å². The molecule has 8 nitrogen and oxygen atoms in total. The highest BCUT2D eigenvalue weighted by Gasteiger charge is 2.59. The van der Waals surface area contributed by atoms with E-state index in [1.807, 2.05) is 29.1 Å². The zero-order valence-corrected chi connectivity index (χ0v) is 22.5. The Balaban J connectivity index is 1.51. The monoisotopic (exact) mass is 555 g/mol. The maximum atomic E-state index is 13.8. The maximum absolute atomic E-state index is 13.8. The fourth-order valence-corrected chi connectivity index (χ4v) is 6.15. The number of fused-ring (bicyclic) bond motifs is 1. The van der Waals surface area contributed by atoms with Gasteiger partial charge in [-0.3, -0.25) is 19.4 Å². The highest BCUT2D eigenvalue weighted by atomic mass is 32.1. The van der Waals surface area contributed by atoms with Gasteiger partial charge in [0.25, 0.3) is 5.91 Å². The minimum Gasteiger partial charge on any atom is -0.306 e. The normalized spacial score (nSPS) is 21.4. The Morgan fingerprint density at radius 2 is 2.00 bits per heavy atom. The van der Waals surface area contributed by atoms with Crippen LogP contribution in [0.1, 0.15) is 45.1 Å². The number of likely N-dealkylation sites (tertiary alicyclic amines) is 1. The molecule has 0 bridgehead atoms. The van der Waals surface area contributed by atoms with E-state index in [0.717, 1.165) is 54.2 Å². The van der Waals surface area contributed by atoms with Crippen molar-refractivity contribution in [3.63, 3.8) is 0 Å². The number of allylic oxidation sites excluding steroid dienone is 4. The van der Waals surface area contributed by atoms with Crippen molar-refractivity contribution in [2.75, 3.05) is 25.0 Å². The Hall–Kier alpha value is -3.56. The van der Waals surface area contributed by atoms with E-state index in [2.05, 4.69) is 23.7 Å². The van der Waals surface area contributed by atoms with Crippen molar-refractivity contribution in [3.05, 3.63) is 47.4 Å². The van der Waals surface area contributed by atoms with Gasteiger partial charge in [-0.05, 0) is 102 Å². The number of piperidine rings is 1. The molecule has 5 rings (SSSR count). The first-order valence-electron chi connectivity index (χ1n) is 12.7. The minimum atomic E-state index is -4.87. The topological polar surface area (TPSA) is 80.8 Å². The molecule has 2 aromatic rings. The average Bonchev–Trinajstić information content (AvgIpc) is 3.39. The lowest BCUT2D eigenvalue weighted by molar-refractivity contribution is -0.131. The van der Waals surface area contributed by atoms with E-state index in [-0.39, 0.29) is 16.7 Å². The Bertz CT molecular complexity index is 1460. The summed E-state index contributed by atoms with van der Waals surface area (Å²) in [6, 6.07) is 7.44. The Morgan fingerprint density at radius 1 is 1.31 bits per heavy atom. The number of carbonyl (C=O) groups is 1. The molecule has 1 aromatic heterocycles. The predicted molar refractivity (Wildman–Crippen MR) is 146 cm³/mol. The summed E-state index contributed by atoms with van der Waals surface area (Å²) in [5.74, 6) is -0.379. The van der Waals surface area contributed by atoms with Crippen LogP contribution in [0.2, 0.25) is 0 Å². The molecule has 3 fully saturated rings. The summed E-state index contributed by atoms with van der Waals surface area (Å²) in [6.45, 7) is 6.46. The number of aliphatic imine (C=N–C) groups is 1. The summed E-state index contributed by atoms with van der Waals surface area (Å²) >= 11 is 5.72. The summed E-state index contributed by atoms with van der Waals surface area (Å²) < 4.78 is 43.3. The van der Waals surface area contributed by atoms with E-state index in [4.69, 9.17) is 22.6 Å². The number of benzene rings is 1. The lowest BCUT2D eigenvalue weighted by Gasteiger charge is -2.43. The van der Waals surface area contributed by atoms with Gasteiger partial charge >= 0.3 is 6.18 Å². The summed E-state index contributed by atoms with van der Waals surface area (Å²) in [6.07, 6.45) is 1.76. The molecule has 12 heteroatoms. The van der Waals surface area contributed by atoms with Crippen molar-refractivity contribution in [2.24, 2.45) is 4.99 Å². The molecule has 2 aliphatic heterocycles. The van der Waals surface area contributed by atoms with Gasteiger partial charge in [0, 0.05) is 23.0 Å². The van der Waals surface area contributed by atoms with Gasteiger partial charge < -0.3 is 9.80 Å². The molecule has 0 N–H and O–H groups in total. The van der Waals surface area contributed by atoms with Crippen molar-refractivity contribution >= 4 is 46.5 Å². The van der Waals surface area contributed by atoms with Crippen molar-refractivity contribution in [1.82, 2.24) is 19.6 Å². The van der Waals surface area contributed by atoms with Crippen LogP contribution in [0.25, 0.3) is 10.9 Å². The van der Waals surface area contributed by atoms with Gasteiger partial charge in [-0.15, -0.1) is 0 Å². The molecule has 1 saturated carbocycles. The molecule has 0 atom stereocenters. The van der Waals surface area contributed by atoms with Crippen molar-refractivity contribution in [2.45, 2.75) is 56.8 Å². The van der Waals surface area contributed by atoms with E-state index in [1.165, 1.54) is 13.0 Å². The van der Waals surface area contributed by atoms with Crippen LogP contribution in [0.5, 0.6) is 0 Å². The van der Waals surface area contributed by atoms with Crippen LogP contribution in [0.3, 0.4) is 0 Å². The zero-order chi connectivity index (χ0) is 28.1. The first-order valence-corrected chi connectivity index (χ1v) is 13.1. The summed E-state index contributed by atoms with van der Waals surface area (Å²) in [4.78, 5) is 22.1. The number of aromatic nitrogens is 2. The quantitative estimate of drug-likeness (QED) is 0.221. The van der Waals surface area contributed by atoms with Gasteiger partial charge in [0.05, 0.1) is 17.1 Å². The van der Waals surface area contributed by atoms with Crippen molar-refractivity contribution in [3.8, 4) is 6.07 Å². The molecule has 204 valence electrons. The predicted octanol–water partition coefficient (Wildman–Crippen LogP) is 5.10.